The average Bonchev–Trinajstić information content (AvgIpc) is 2.74. The molecule has 0 saturated carbocycles. The number of amides is 1. The van der Waals surface area contributed by atoms with Gasteiger partial charge in [-0.15, -0.1) is 24.0 Å². The summed E-state index contributed by atoms with van der Waals surface area (Å²) in [6.45, 7) is 10.3. The van der Waals surface area contributed by atoms with E-state index in [0.29, 0.717) is 24.9 Å². The number of hydrogen-bond acceptors (Lipinski definition) is 4. The second-order valence-corrected chi connectivity index (χ2v) is 7.65. The maximum Gasteiger partial charge on any atom is 0.234 e. The Bertz CT molecular complexity index is 666. The molecule has 1 atom stereocenters. The Kier molecular flexibility index (Phi) is 13.5. The van der Waals surface area contributed by atoms with Crippen LogP contribution >= 0.6 is 24.0 Å². The van der Waals surface area contributed by atoms with Gasteiger partial charge in [-0.25, -0.2) is 9.38 Å². The minimum absolute atomic E-state index is 0. The number of piperidine rings is 1. The molecule has 176 valence electrons. The molecule has 0 aromatic heterocycles. The molecule has 7 nitrogen and oxygen atoms in total. The molecule has 1 aromatic carbocycles. The van der Waals surface area contributed by atoms with E-state index in [0.717, 1.165) is 51.4 Å². The van der Waals surface area contributed by atoms with Crippen LogP contribution in [-0.2, 0) is 4.79 Å². The molecule has 1 aromatic rings. The van der Waals surface area contributed by atoms with Crippen LogP contribution in [0.1, 0.15) is 40.0 Å². The summed E-state index contributed by atoms with van der Waals surface area (Å²) in [6.07, 6.45) is 2.76. The fourth-order valence-electron chi connectivity index (χ4n) is 3.27. The highest BCUT2D eigenvalue weighted by atomic mass is 127. The van der Waals surface area contributed by atoms with Crippen LogP contribution in [0.3, 0.4) is 0 Å². The van der Waals surface area contributed by atoms with Crippen LogP contribution in [0, 0.1) is 5.82 Å². The Balaban J connectivity index is 0.00000480. The molecule has 1 amide bonds. The zero-order chi connectivity index (χ0) is 21.8. The summed E-state index contributed by atoms with van der Waals surface area (Å²) < 4.78 is 18.8. The number of guanidine groups is 1. The van der Waals surface area contributed by atoms with Gasteiger partial charge in [-0.05, 0) is 57.4 Å². The molecule has 31 heavy (non-hydrogen) atoms. The third-order valence-corrected chi connectivity index (χ3v) is 4.87. The lowest BCUT2D eigenvalue weighted by Gasteiger charge is -2.32. The van der Waals surface area contributed by atoms with Crippen LogP contribution in [0.5, 0.6) is 5.75 Å². The van der Waals surface area contributed by atoms with Crippen LogP contribution in [0.2, 0.25) is 0 Å². The van der Waals surface area contributed by atoms with Gasteiger partial charge >= 0.3 is 0 Å². The van der Waals surface area contributed by atoms with Gasteiger partial charge in [-0.2, -0.15) is 0 Å². The molecule has 1 fully saturated rings. The minimum atomic E-state index is -0.278. The van der Waals surface area contributed by atoms with Crippen molar-refractivity contribution in [2.75, 3.05) is 39.3 Å². The molecule has 1 saturated heterocycles. The third kappa shape index (κ3) is 11.0. The number of carbonyl (C=O) groups is 1. The molecule has 1 unspecified atom stereocenters. The van der Waals surface area contributed by atoms with Crippen molar-refractivity contribution < 1.29 is 13.9 Å². The van der Waals surface area contributed by atoms with Crippen molar-refractivity contribution in [2.24, 2.45) is 4.99 Å². The highest BCUT2D eigenvalue weighted by Gasteiger charge is 2.21. The fraction of sp³-hybridized carbons (Fsp3) is 0.636. The number of halogens is 2. The van der Waals surface area contributed by atoms with Crippen LogP contribution in [0.15, 0.2) is 29.3 Å². The van der Waals surface area contributed by atoms with Gasteiger partial charge in [0, 0.05) is 32.2 Å². The Hall–Kier alpha value is -1.62. The molecule has 2 rings (SSSR count). The number of benzene rings is 1. The van der Waals surface area contributed by atoms with Crippen LogP contribution in [0.4, 0.5) is 4.39 Å². The number of ether oxygens (including phenoxy) is 1. The average molecular weight is 549 g/mol. The van der Waals surface area contributed by atoms with Crippen LogP contribution in [0.25, 0.3) is 0 Å². The van der Waals surface area contributed by atoms with E-state index in [1.165, 1.54) is 12.1 Å². The number of carbonyl (C=O) groups excluding carboxylic acids is 1. The standard InChI is InChI=1S/C22H36FN5O2.HI/c1-4-12-25-21(29)16-28-13-10-19(11-14-28)27-22(24-5-2)26-15-17(3)30-20-8-6-18(23)7-9-20;/h6-9,17,19H,4-5,10-16H2,1-3H3,(H,25,29)(H2,24,26,27);1H. The van der Waals surface area contributed by atoms with Gasteiger partial charge in [0.25, 0.3) is 0 Å². The summed E-state index contributed by atoms with van der Waals surface area (Å²) >= 11 is 0. The van der Waals surface area contributed by atoms with E-state index in [9.17, 15) is 9.18 Å². The summed E-state index contributed by atoms with van der Waals surface area (Å²) in [4.78, 5) is 18.7. The largest absolute Gasteiger partial charge is 0.489 e. The molecule has 0 aliphatic carbocycles. The van der Waals surface area contributed by atoms with Crippen molar-refractivity contribution in [1.29, 1.82) is 0 Å². The summed E-state index contributed by atoms with van der Waals surface area (Å²) in [6, 6.07) is 6.34. The van der Waals surface area contributed by atoms with Gasteiger partial charge in [-0.1, -0.05) is 6.92 Å². The van der Waals surface area contributed by atoms with E-state index < -0.39 is 0 Å². The Morgan fingerprint density at radius 2 is 1.90 bits per heavy atom. The van der Waals surface area contributed by atoms with Gasteiger partial charge in [0.2, 0.25) is 5.91 Å². The lowest BCUT2D eigenvalue weighted by molar-refractivity contribution is -0.122. The van der Waals surface area contributed by atoms with Crippen molar-refractivity contribution in [3.63, 3.8) is 0 Å². The van der Waals surface area contributed by atoms with E-state index in [-0.39, 0.29) is 41.8 Å². The smallest absolute Gasteiger partial charge is 0.234 e. The number of aliphatic imine (C=N–C) groups is 1. The predicted molar refractivity (Wildman–Crippen MR) is 134 cm³/mol. The predicted octanol–water partition coefficient (Wildman–Crippen LogP) is 2.76. The number of likely N-dealkylation sites (tertiary alicyclic amines) is 1. The van der Waals surface area contributed by atoms with E-state index >= 15 is 0 Å². The molecular formula is C22H37FIN5O2. The van der Waals surface area contributed by atoms with Gasteiger partial charge in [0.15, 0.2) is 5.96 Å². The summed E-state index contributed by atoms with van der Waals surface area (Å²) in [5.41, 5.74) is 0. The zero-order valence-corrected chi connectivity index (χ0v) is 21.2. The first kappa shape index (κ1) is 27.4. The second-order valence-electron chi connectivity index (χ2n) is 7.65. The van der Waals surface area contributed by atoms with Gasteiger partial charge in [-0.3, -0.25) is 9.69 Å². The van der Waals surface area contributed by atoms with Crippen molar-refractivity contribution in [2.45, 2.75) is 52.2 Å². The third-order valence-electron chi connectivity index (χ3n) is 4.87. The monoisotopic (exact) mass is 549 g/mol. The Labute approximate surface area is 202 Å². The Morgan fingerprint density at radius 3 is 2.52 bits per heavy atom. The van der Waals surface area contributed by atoms with Gasteiger partial charge in [0.05, 0.1) is 13.1 Å². The molecule has 3 N–H and O–H groups in total. The normalized spacial score (nSPS) is 16.2. The number of nitrogens with zero attached hydrogens (tertiary/aromatic N) is 2. The van der Waals surface area contributed by atoms with E-state index in [2.05, 4.69) is 32.8 Å². The molecule has 1 aliphatic heterocycles. The number of hydrogen-bond donors (Lipinski definition) is 3. The van der Waals surface area contributed by atoms with Gasteiger partial charge in [0.1, 0.15) is 17.7 Å². The highest BCUT2D eigenvalue weighted by molar-refractivity contribution is 14.0. The summed E-state index contributed by atoms with van der Waals surface area (Å²) in [5, 5.41) is 9.71. The van der Waals surface area contributed by atoms with Crippen LogP contribution < -0.4 is 20.7 Å². The molecule has 9 heteroatoms. The van der Waals surface area contributed by atoms with Gasteiger partial charge < -0.3 is 20.7 Å². The summed E-state index contributed by atoms with van der Waals surface area (Å²) in [5.74, 6) is 1.23. The molecule has 1 heterocycles. The molecule has 0 bridgehead atoms. The number of nitrogens with one attached hydrogen (secondary N) is 3. The number of rotatable bonds is 10. The molecule has 0 spiro atoms. The van der Waals surface area contributed by atoms with Crippen molar-refractivity contribution in [3.8, 4) is 5.75 Å². The van der Waals surface area contributed by atoms with Crippen molar-refractivity contribution in [1.82, 2.24) is 20.9 Å². The van der Waals surface area contributed by atoms with E-state index in [1.54, 1.807) is 12.1 Å². The maximum absolute atomic E-state index is 13.0. The maximum atomic E-state index is 13.0. The first-order valence-electron chi connectivity index (χ1n) is 11.0. The van der Waals surface area contributed by atoms with E-state index in [1.807, 2.05) is 13.8 Å². The quantitative estimate of drug-likeness (QED) is 0.238. The van der Waals surface area contributed by atoms with Crippen molar-refractivity contribution in [3.05, 3.63) is 30.1 Å². The van der Waals surface area contributed by atoms with Crippen LogP contribution in [-0.4, -0.2) is 68.2 Å². The highest BCUT2D eigenvalue weighted by Crippen LogP contribution is 2.13. The second kappa shape index (κ2) is 15.2. The van der Waals surface area contributed by atoms with E-state index in [4.69, 9.17) is 4.74 Å². The Morgan fingerprint density at radius 1 is 1.23 bits per heavy atom. The minimum Gasteiger partial charge on any atom is -0.489 e. The lowest BCUT2D eigenvalue weighted by Crippen LogP contribution is -2.50. The summed E-state index contributed by atoms with van der Waals surface area (Å²) in [7, 11) is 0. The first-order chi connectivity index (χ1) is 14.5. The zero-order valence-electron chi connectivity index (χ0n) is 18.8. The van der Waals surface area contributed by atoms with Crippen molar-refractivity contribution >= 4 is 35.8 Å². The molecule has 1 aliphatic rings. The topological polar surface area (TPSA) is 78.0 Å². The SMILES string of the molecule is CCCNC(=O)CN1CCC(NC(=NCC(C)Oc2ccc(F)cc2)NCC)CC1.I. The molecular weight excluding hydrogens is 512 g/mol. The lowest BCUT2D eigenvalue weighted by atomic mass is 10.1. The fourth-order valence-corrected chi connectivity index (χ4v) is 3.27. The molecule has 0 radical (unpaired) electrons. The first-order valence-corrected chi connectivity index (χ1v) is 11.0.